The van der Waals surface area contributed by atoms with E-state index < -0.39 is 0 Å². The molecule has 3 N–H and O–H groups in total. The van der Waals surface area contributed by atoms with Gasteiger partial charge in [-0.3, -0.25) is 4.98 Å². The molecule has 66 valence electrons. The highest BCUT2D eigenvalue weighted by molar-refractivity contribution is 5.39. The molecule has 0 saturated carbocycles. The predicted molar refractivity (Wildman–Crippen MR) is 45.2 cm³/mol. The van der Waals surface area contributed by atoms with Crippen LogP contribution in [0.4, 0.5) is 5.82 Å². The molecule has 0 fully saturated rings. The maximum Gasteiger partial charge on any atom is 0.233 e. The van der Waals surface area contributed by atoms with Crippen LogP contribution in [-0.4, -0.2) is 24.9 Å². The number of nitrogens with two attached hydrogens (primary N) is 1. The minimum Gasteiger partial charge on any atom is -0.492 e. The Morgan fingerprint density at radius 3 is 2.77 bits per heavy atom. The van der Waals surface area contributed by atoms with E-state index in [0.29, 0.717) is 11.6 Å². The van der Waals surface area contributed by atoms with E-state index >= 15 is 0 Å². The van der Waals surface area contributed by atoms with E-state index in [9.17, 15) is 0 Å². The molecule has 0 bridgehead atoms. The first-order chi connectivity index (χ1) is 6.27. The second-order valence-electron chi connectivity index (χ2n) is 2.40. The van der Waals surface area contributed by atoms with Crippen LogP contribution in [0.3, 0.4) is 0 Å². The molecule has 2 aromatic rings. The first-order valence-electron chi connectivity index (χ1n) is 3.58. The maximum atomic E-state index is 9.04. The predicted octanol–water partition coefficient (Wildman–Crippen LogP) is -0.0499. The van der Waals surface area contributed by atoms with Crippen LogP contribution in [0.2, 0.25) is 0 Å². The fourth-order valence-electron chi connectivity index (χ4n) is 0.967. The van der Waals surface area contributed by atoms with Gasteiger partial charge < -0.3 is 10.8 Å². The summed E-state index contributed by atoms with van der Waals surface area (Å²) < 4.78 is 1.31. The lowest BCUT2D eigenvalue weighted by atomic mass is 10.6. The van der Waals surface area contributed by atoms with Gasteiger partial charge in [-0.25, -0.2) is 4.98 Å². The maximum absolute atomic E-state index is 9.04. The minimum atomic E-state index is -0.136. The number of aromatic nitrogens is 4. The van der Waals surface area contributed by atoms with Gasteiger partial charge in [-0.15, -0.1) is 5.10 Å². The zero-order valence-electron chi connectivity index (χ0n) is 6.62. The van der Waals surface area contributed by atoms with Gasteiger partial charge in [0.15, 0.2) is 5.82 Å². The van der Waals surface area contributed by atoms with Crippen LogP contribution in [0.15, 0.2) is 24.7 Å². The molecule has 0 aliphatic heterocycles. The standard InChI is InChI=1S/C7H7N5O/c8-5-3-7(13)11-12(5)6-4-9-1-2-10-6/h1-4H,8H2,(H,11,13). The molecule has 0 radical (unpaired) electrons. The summed E-state index contributed by atoms with van der Waals surface area (Å²) in [5.74, 6) is 0.654. The van der Waals surface area contributed by atoms with Crippen molar-refractivity contribution in [2.24, 2.45) is 0 Å². The van der Waals surface area contributed by atoms with Crippen molar-refractivity contribution < 1.29 is 5.11 Å². The Morgan fingerprint density at radius 1 is 1.38 bits per heavy atom. The fourth-order valence-corrected chi connectivity index (χ4v) is 0.967. The normalized spacial score (nSPS) is 10.2. The smallest absolute Gasteiger partial charge is 0.233 e. The van der Waals surface area contributed by atoms with Crippen molar-refractivity contribution in [1.29, 1.82) is 0 Å². The molecule has 2 aromatic heterocycles. The molecule has 6 heteroatoms. The summed E-state index contributed by atoms with van der Waals surface area (Å²) in [7, 11) is 0. The van der Waals surface area contributed by atoms with Gasteiger partial charge in [-0.1, -0.05) is 0 Å². The van der Waals surface area contributed by atoms with Crippen molar-refractivity contribution in [2.45, 2.75) is 0 Å². The van der Waals surface area contributed by atoms with E-state index in [0.717, 1.165) is 0 Å². The van der Waals surface area contributed by atoms with Crippen LogP contribution in [0.1, 0.15) is 0 Å². The molecule has 2 heterocycles. The van der Waals surface area contributed by atoms with Crippen LogP contribution in [0.5, 0.6) is 5.88 Å². The third-order valence-corrected chi connectivity index (χ3v) is 1.49. The highest BCUT2D eigenvalue weighted by Gasteiger charge is 2.05. The van der Waals surface area contributed by atoms with Crippen molar-refractivity contribution in [3.8, 4) is 11.7 Å². The van der Waals surface area contributed by atoms with Gasteiger partial charge in [0.2, 0.25) is 5.88 Å². The van der Waals surface area contributed by atoms with Gasteiger partial charge >= 0.3 is 0 Å². The fraction of sp³-hybridized carbons (Fsp3) is 0. The van der Waals surface area contributed by atoms with Crippen molar-refractivity contribution in [3.63, 3.8) is 0 Å². The van der Waals surface area contributed by atoms with E-state index in [-0.39, 0.29) is 5.88 Å². The topological polar surface area (TPSA) is 89.8 Å². The summed E-state index contributed by atoms with van der Waals surface area (Å²) in [6.45, 7) is 0. The van der Waals surface area contributed by atoms with E-state index in [1.165, 1.54) is 23.1 Å². The first-order valence-corrected chi connectivity index (χ1v) is 3.58. The summed E-state index contributed by atoms with van der Waals surface area (Å²) >= 11 is 0. The van der Waals surface area contributed by atoms with Gasteiger partial charge in [-0.2, -0.15) is 4.68 Å². The number of aromatic hydroxyl groups is 1. The molecule has 6 nitrogen and oxygen atoms in total. The third-order valence-electron chi connectivity index (χ3n) is 1.49. The Labute approximate surface area is 73.7 Å². The molecule has 2 rings (SSSR count). The number of rotatable bonds is 1. The lowest BCUT2D eigenvalue weighted by Crippen LogP contribution is -2.03. The SMILES string of the molecule is Nc1cc(O)nn1-c1cnccn1. The number of hydrogen-bond acceptors (Lipinski definition) is 5. The summed E-state index contributed by atoms with van der Waals surface area (Å²) in [5.41, 5.74) is 5.55. The minimum absolute atomic E-state index is 0.136. The van der Waals surface area contributed by atoms with Gasteiger partial charge in [0.05, 0.1) is 6.20 Å². The quantitative estimate of drug-likeness (QED) is 0.637. The van der Waals surface area contributed by atoms with Crippen molar-refractivity contribution in [2.75, 3.05) is 5.73 Å². The van der Waals surface area contributed by atoms with Crippen LogP contribution < -0.4 is 5.73 Å². The molecule has 0 unspecified atom stereocenters. The molecule has 0 aliphatic rings. The average Bonchev–Trinajstić information content (AvgIpc) is 2.47. The molecule has 0 aliphatic carbocycles. The second kappa shape index (κ2) is 2.74. The van der Waals surface area contributed by atoms with Gasteiger partial charge in [0, 0.05) is 18.5 Å². The number of hydrogen-bond donors (Lipinski definition) is 2. The third kappa shape index (κ3) is 1.28. The highest BCUT2D eigenvalue weighted by Crippen LogP contribution is 2.14. The van der Waals surface area contributed by atoms with Crippen molar-refractivity contribution in [1.82, 2.24) is 19.7 Å². The molecule has 0 aromatic carbocycles. The van der Waals surface area contributed by atoms with E-state index in [1.54, 1.807) is 6.20 Å². The lowest BCUT2D eigenvalue weighted by molar-refractivity contribution is 0.447. The number of nitrogens with zero attached hydrogens (tertiary/aromatic N) is 4. The number of anilines is 1. The molecule has 0 saturated heterocycles. The molecule has 0 spiro atoms. The first kappa shape index (κ1) is 7.53. The average molecular weight is 177 g/mol. The van der Waals surface area contributed by atoms with Crippen LogP contribution in [-0.2, 0) is 0 Å². The lowest BCUT2D eigenvalue weighted by Gasteiger charge is -1.99. The van der Waals surface area contributed by atoms with Crippen molar-refractivity contribution in [3.05, 3.63) is 24.7 Å². The molecule has 13 heavy (non-hydrogen) atoms. The summed E-state index contributed by atoms with van der Waals surface area (Å²) in [6, 6.07) is 1.34. The molecular formula is C7H7N5O. The Balaban J connectivity index is 2.53. The monoisotopic (exact) mass is 177 g/mol. The van der Waals surface area contributed by atoms with Crippen LogP contribution in [0.25, 0.3) is 5.82 Å². The van der Waals surface area contributed by atoms with Crippen molar-refractivity contribution >= 4 is 5.82 Å². The zero-order chi connectivity index (χ0) is 9.26. The van der Waals surface area contributed by atoms with E-state index in [1.807, 2.05) is 0 Å². The van der Waals surface area contributed by atoms with Crippen LogP contribution >= 0.6 is 0 Å². The van der Waals surface area contributed by atoms with E-state index in [2.05, 4.69) is 15.1 Å². The Kier molecular flexibility index (Phi) is 1.59. The molecule has 0 amide bonds. The summed E-state index contributed by atoms with van der Waals surface area (Å²) in [5, 5.41) is 12.8. The van der Waals surface area contributed by atoms with Crippen LogP contribution in [0, 0.1) is 0 Å². The Morgan fingerprint density at radius 2 is 2.23 bits per heavy atom. The summed E-state index contributed by atoms with van der Waals surface area (Å²) in [4.78, 5) is 7.82. The second-order valence-corrected chi connectivity index (χ2v) is 2.40. The Bertz CT molecular complexity index is 410. The molecule has 0 atom stereocenters. The van der Waals surface area contributed by atoms with E-state index in [4.69, 9.17) is 10.8 Å². The number of nitrogen functional groups attached to an aromatic ring is 1. The molecular weight excluding hydrogens is 170 g/mol. The highest BCUT2D eigenvalue weighted by atomic mass is 16.3. The summed E-state index contributed by atoms with van der Waals surface area (Å²) in [6.07, 6.45) is 4.57. The largest absolute Gasteiger partial charge is 0.492 e. The van der Waals surface area contributed by atoms with Gasteiger partial charge in [0.25, 0.3) is 0 Å². The Hall–Kier alpha value is -2.11. The van der Waals surface area contributed by atoms with Gasteiger partial charge in [-0.05, 0) is 0 Å². The zero-order valence-corrected chi connectivity index (χ0v) is 6.62. The van der Waals surface area contributed by atoms with Gasteiger partial charge in [0.1, 0.15) is 5.82 Å².